The van der Waals surface area contributed by atoms with Gasteiger partial charge in [-0.3, -0.25) is 4.79 Å². The van der Waals surface area contributed by atoms with Gasteiger partial charge in [0.1, 0.15) is 17.7 Å². The smallest absolute Gasteiger partial charge is 0.242 e. The van der Waals surface area contributed by atoms with E-state index in [2.05, 4.69) is 5.32 Å². The lowest BCUT2D eigenvalue weighted by molar-refractivity contribution is -0.136. The first kappa shape index (κ1) is 15.2. The van der Waals surface area contributed by atoms with Crippen LogP contribution >= 0.6 is 0 Å². The summed E-state index contributed by atoms with van der Waals surface area (Å²) in [7, 11) is 0. The highest BCUT2D eigenvalue weighted by Gasteiger charge is 2.29. The summed E-state index contributed by atoms with van der Waals surface area (Å²) in [6.45, 7) is 3.64. The molecule has 2 aliphatic heterocycles. The van der Waals surface area contributed by atoms with Crippen molar-refractivity contribution in [3.8, 4) is 0 Å². The minimum absolute atomic E-state index is 0.0130. The molecule has 0 spiro atoms. The monoisotopic (exact) mass is 311 g/mol. The van der Waals surface area contributed by atoms with Crippen molar-refractivity contribution in [1.82, 2.24) is 10.2 Å². The number of nitrogens with zero attached hydrogens (tertiary/aromatic N) is 2. The fourth-order valence-corrected chi connectivity index (χ4v) is 2.84. The van der Waals surface area contributed by atoms with E-state index in [0.29, 0.717) is 45.9 Å². The van der Waals surface area contributed by atoms with Crippen LogP contribution < -0.4 is 10.2 Å². The molecule has 1 atom stereocenters. The number of anilines is 1. The maximum Gasteiger partial charge on any atom is 0.242 e. The molecular formula is C15H19F2N3O2. The second-order valence-corrected chi connectivity index (χ2v) is 5.49. The molecule has 2 saturated heterocycles. The van der Waals surface area contributed by atoms with Crippen LogP contribution in [0.3, 0.4) is 0 Å². The summed E-state index contributed by atoms with van der Waals surface area (Å²) in [5, 5.41) is 3.14. The van der Waals surface area contributed by atoms with Gasteiger partial charge in [-0.2, -0.15) is 0 Å². The molecule has 1 amide bonds. The molecule has 2 fully saturated rings. The number of carbonyl (C=O) groups is 1. The minimum Gasteiger partial charge on any atom is -0.378 e. The lowest BCUT2D eigenvalue weighted by atomic mass is 10.2. The van der Waals surface area contributed by atoms with Crippen LogP contribution in [0.25, 0.3) is 0 Å². The fraction of sp³-hybridized carbons (Fsp3) is 0.533. The normalized spacial score (nSPS) is 22.7. The first-order chi connectivity index (χ1) is 10.6. The van der Waals surface area contributed by atoms with Crippen LogP contribution in [-0.2, 0) is 9.53 Å². The highest BCUT2D eigenvalue weighted by atomic mass is 19.1. The second-order valence-electron chi connectivity index (χ2n) is 5.49. The van der Waals surface area contributed by atoms with Crippen LogP contribution in [0, 0.1) is 11.6 Å². The van der Waals surface area contributed by atoms with E-state index in [1.165, 1.54) is 6.07 Å². The average Bonchev–Trinajstić information content (AvgIpc) is 2.57. The van der Waals surface area contributed by atoms with Crippen molar-refractivity contribution in [2.75, 3.05) is 50.8 Å². The van der Waals surface area contributed by atoms with Crippen molar-refractivity contribution < 1.29 is 18.3 Å². The Kier molecular flexibility index (Phi) is 4.54. The Morgan fingerprint density at radius 1 is 1.23 bits per heavy atom. The number of morpholine rings is 1. The van der Waals surface area contributed by atoms with Crippen molar-refractivity contribution in [3.63, 3.8) is 0 Å². The number of hydrogen-bond acceptors (Lipinski definition) is 4. The first-order valence-corrected chi connectivity index (χ1v) is 7.45. The Labute approximate surface area is 127 Å². The molecule has 0 saturated carbocycles. The van der Waals surface area contributed by atoms with Gasteiger partial charge in [0.15, 0.2) is 0 Å². The van der Waals surface area contributed by atoms with Crippen LogP contribution in [0.4, 0.5) is 14.5 Å². The molecule has 2 aliphatic rings. The molecule has 1 N–H and O–H groups in total. The molecule has 0 bridgehead atoms. The van der Waals surface area contributed by atoms with Gasteiger partial charge < -0.3 is 19.9 Å². The topological polar surface area (TPSA) is 44.8 Å². The van der Waals surface area contributed by atoms with Gasteiger partial charge in [0.25, 0.3) is 0 Å². The molecule has 120 valence electrons. The largest absolute Gasteiger partial charge is 0.378 e. The molecule has 5 nitrogen and oxygen atoms in total. The minimum atomic E-state index is -0.460. The number of carbonyl (C=O) groups excluding carboxylic acids is 1. The molecule has 1 aromatic carbocycles. The van der Waals surface area contributed by atoms with Crippen LogP contribution in [0.5, 0.6) is 0 Å². The molecule has 0 unspecified atom stereocenters. The van der Waals surface area contributed by atoms with Gasteiger partial charge in [0, 0.05) is 38.8 Å². The molecule has 3 rings (SSSR count). The summed E-state index contributed by atoms with van der Waals surface area (Å²) in [4.78, 5) is 15.9. The van der Waals surface area contributed by atoms with Gasteiger partial charge in [0.05, 0.1) is 18.9 Å². The molecule has 0 radical (unpaired) electrons. The first-order valence-electron chi connectivity index (χ1n) is 7.45. The summed E-state index contributed by atoms with van der Waals surface area (Å²) in [5.41, 5.74) is 0.256. The summed E-state index contributed by atoms with van der Waals surface area (Å²) >= 11 is 0. The lowest BCUT2D eigenvalue weighted by Gasteiger charge is -2.38. The number of benzene rings is 1. The Bertz CT molecular complexity index is 542. The SMILES string of the molecule is O=C([C@@H]1COCCN1)N1CCN(c2cc(F)ccc2F)CC1. The highest BCUT2D eigenvalue weighted by Crippen LogP contribution is 2.22. The summed E-state index contributed by atoms with van der Waals surface area (Å²) in [5.74, 6) is -0.888. The van der Waals surface area contributed by atoms with Crippen molar-refractivity contribution >= 4 is 11.6 Å². The number of amides is 1. The van der Waals surface area contributed by atoms with E-state index in [4.69, 9.17) is 4.74 Å². The molecule has 2 heterocycles. The summed E-state index contributed by atoms with van der Waals surface area (Å²) in [6, 6.07) is 3.13. The highest BCUT2D eigenvalue weighted by molar-refractivity contribution is 5.82. The predicted octanol–water partition coefficient (Wildman–Crippen LogP) is 0.602. The van der Waals surface area contributed by atoms with Gasteiger partial charge in [0.2, 0.25) is 5.91 Å². The van der Waals surface area contributed by atoms with E-state index in [1.807, 2.05) is 0 Å². The third-order valence-electron chi connectivity index (χ3n) is 4.06. The molecule has 1 aromatic rings. The number of nitrogens with one attached hydrogen (secondary N) is 1. The van der Waals surface area contributed by atoms with Crippen molar-refractivity contribution in [2.24, 2.45) is 0 Å². The number of halogens is 2. The average molecular weight is 311 g/mol. The molecule has 0 aliphatic carbocycles. The second kappa shape index (κ2) is 6.58. The third-order valence-corrected chi connectivity index (χ3v) is 4.06. The van der Waals surface area contributed by atoms with E-state index in [-0.39, 0.29) is 17.6 Å². The Morgan fingerprint density at radius 3 is 2.68 bits per heavy atom. The molecular weight excluding hydrogens is 292 g/mol. The van der Waals surface area contributed by atoms with Crippen LogP contribution in [0.15, 0.2) is 18.2 Å². The van der Waals surface area contributed by atoms with E-state index < -0.39 is 11.6 Å². The van der Waals surface area contributed by atoms with E-state index in [9.17, 15) is 13.6 Å². The van der Waals surface area contributed by atoms with E-state index in [0.717, 1.165) is 12.1 Å². The van der Waals surface area contributed by atoms with Gasteiger partial charge in [-0.05, 0) is 12.1 Å². The summed E-state index contributed by atoms with van der Waals surface area (Å²) < 4.78 is 32.4. The Balaban J connectivity index is 1.60. The van der Waals surface area contributed by atoms with Gasteiger partial charge >= 0.3 is 0 Å². The number of hydrogen-bond donors (Lipinski definition) is 1. The molecule has 22 heavy (non-hydrogen) atoms. The van der Waals surface area contributed by atoms with Gasteiger partial charge in [-0.15, -0.1) is 0 Å². The van der Waals surface area contributed by atoms with Crippen LogP contribution in [0.2, 0.25) is 0 Å². The molecule has 7 heteroatoms. The lowest BCUT2D eigenvalue weighted by Crippen LogP contribution is -2.57. The zero-order valence-electron chi connectivity index (χ0n) is 12.2. The Morgan fingerprint density at radius 2 is 2.00 bits per heavy atom. The van der Waals surface area contributed by atoms with Crippen molar-refractivity contribution in [2.45, 2.75) is 6.04 Å². The quantitative estimate of drug-likeness (QED) is 0.869. The van der Waals surface area contributed by atoms with Crippen LogP contribution in [0.1, 0.15) is 0 Å². The van der Waals surface area contributed by atoms with Crippen LogP contribution in [-0.4, -0.2) is 62.8 Å². The Hall–Kier alpha value is -1.73. The van der Waals surface area contributed by atoms with Gasteiger partial charge in [-0.25, -0.2) is 8.78 Å². The zero-order chi connectivity index (χ0) is 15.5. The number of ether oxygens (including phenoxy) is 1. The maximum absolute atomic E-state index is 13.8. The van der Waals surface area contributed by atoms with Crippen molar-refractivity contribution in [1.29, 1.82) is 0 Å². The number of piperazine rings is 1. The zero-order valence-corrected chi connectivity index (χ0v) is 12.2. The third kappa shape index (κ3) is 3.20. The molecule has 0 aromatic heterocycles. The fourth-order valence-electron chi connectivity index (χ4n) is 2.84. The van der Waals surface area contributed by atoms with Gasteiger partial charge in [-0.1, -0.05) is 0 Å². The summed E-state index contributed by atoms with van der Waals surface area (Å²) in [6.07, 6.45) is 0. The predicted molar refractivity (Wildman–Crippen MR) is 77.8 cm³/mol. The number of rotatable bonds is 2. The van der Waals surface area contributed by atoms with E-state index >= 15 is 0 Å². The standard InChI is InChI=1S/C15H19F2N3O2/c16-11-1-2-12(17)14(9-11)19-4-6-20(7-5-19)15(21)13-10-22-8-3-18-13/h1-2,9,13,18H,3-8,10H2/t13-/m0/s1. The maximum atomic E-state index is 13.8. The van der Waals surface area contributed by atoms with Crippen molar-refractivity contribution in [3.05, 3.63) is 29.8 Å². The van der Waals surface area contributed by atoms with E-state index in [1.54, 1.807) is 9.80 Å².